The Labute approximate surface area is 196 Å². The van der Waals surface area contributed by atoms with E-state index in [0.29, 0.717) is 34.6 Å². The summed E-state index contributed by atoms with van der Waals surface area (Å²) in [5.41, 5.74) is 9.95. The quantitative estimate of drug-likeness (QED) is 0.324. The Morgan fingerprint density at radius 2 is 1.91 bits per heavy atom. The SMILES string of the molecule is CCCCOc1cccc(-n2c(N)c(C(=O)NCc3ccco3)c3nc4ccccc4nc32)c1. The van der Waals surface area contributed by atoms with Crippen LogP contribution >= 0.6 is 0 Å². The summed E-state index contributed by atoms with van der Waals surface area (Å²) in [5.74, 6) is 1.28. The molecule has 172 valence electrons. The molecule has 1 amide bonds. The van der Waals surface area contributed by atoms with Gasteiger partial charge in [0.15, 0.2) is 5.65 Å². The number of carbonyl (C=O) groups is 1. The Hall–Kier alpha value is -4.33. The normalized spacial score (nSPS) is 11.2. The molecule has 0 aliphatic rings. The van der Waals surface area contributed by atoms with Gasteiger partial charge in [0.1, 0.15) is 28.4 Å². The third-order valence-corrected chi connectivity index (χ3v) is 5.57. The summed E-state index contributed by atoms with van der Waals surface area (Å²) >= 11 is 0. The Morgan fingerprint density at radius 1 is 1.09 bits per heavy atom. The minimum absolute atomic E-state index is 0.236. The van der Waals surface area contributed by atoms with Crippen molar-refractivity contribution in [1.82, 2.24) is 19.9 Å². The molecule has 0 radical (unpaired) electrons. The van der Waals surface area contributed by atoms with Crippen LogP contribution in [0.15, 0.2) is 71.3 Å². The van der Waals surface area contributed by atoms with Gasteiger partial charge in [0, 0.05) is 6.07 Å². The van der Waals surface area contributed by atoms with Gasteiger partial charge in [-0.15, -0.1) is 0 Å². The van der Waals surface area contributed by atoms with Crippen LogP contribution in [0.25, 0.3) is 27.9 Å². The molecule has 8 nitrogen and oxygen atoms in total. The van der Waals surface area contributed by atoms with Gasteiger partial charge in [0.05, 0.1) is 36.1 Å². The number of furan rings is 1. The molecule has 0 atom stereocenters. The second-order valence-electron chi connectivity index (χ2n) is 7.94. The van der Waals surface area contributed by atoms with Gasteiger partial charge in [-0.05, 0) is 42.8 Å². The summed E-state index contributed by atoms with van der Waals surface area (Å²) in [4.78, 5) is 22.8. The fourth-order valence-corrected chi connectivity index (χ4v) is 3.86. The van der Waals surface area contributed by atoms with E-state index in [9.17, 15) is 4.79 Å². The van der Waals surface area contributed by atoms with Crippen LogP contribution in [0.3, 0.4) is 0 Å². The number of nitrogens with one attached hydrogen (secondary N) is 1. The van der Waals surface area contributed by atoms with E-state index >= 15 is 0 Å². The third-order valence-electron chi connectivity index (χ3n) is 5.57. The van der Waals surface area contributed by atoms with Crippen LogP contribution in [-0.4, -0.2) is 27.0 Å². The van der Waals surface area contributed by atoms with Gasteiger partial charge in [0.25, 0.3) is 5.91 Å². The molecule has 0 saturated carbocycles. The lowest BCUT2D eigenvalue weighted by molar-refractivity contribution is 0.0950. The van der Waals surface area contributed by atoms with Gasteiger partial charge in [-0.3, -0.25) is 9.36 Å². The fraction of sp³-hybridized carbons (Fsp3) is 0.192. The maximum absolute atomic E-state index is 13.3. The van der Waals surface area contributed by atoms with Crippen LogP contribution in [0.4, 0.5) is 5.82 Å². The minimum atomic E-state index is -0.349. The molecule has 0 fully saturated rings. The van der Waals surface area contributed by atoms with E-state index in [1.54, 1.807) is 23.0 Å². The zero-order valence-corrected chi connectivity index (χ0v) is 18.8. The highest BCUT2D eigenvalue weighted by Crippen LogP contribution is 2.32. The number of ether oxygens (including phenoxy) is 1. The average Bonchev–Trinajstić information content (AvgIpc) is 3.47. The summed E-state index contributed by atoms with van der Waals surface area (Å²) in [6.45, 7) is 2.99. The highest BCUT2D eigenvalue weighted by molar-refractivity contribution is 6.11. The lowest BCUT2D eigenvalue weighted by atomic mass is 10.2. The number of nitrogen functional groups attached to an aromatic ring is 1. The van der Waals surface area contributed by atoms with Gasteiger partial charge >= 0.3 is 0 Å². The number of hydrogen-bond acceptors (Lipinski definition) is 6. The Kier molecular flexibility index (Phi) is 5.86. The van der Waals surface area contributed by atoms with Crippen molar-refractivity contribution in [2.75, 3.05) is 12.3 Å². The predicted octanol–water partition coefficient (Wildman–Crippen LogP) is 4.86. The van der Waals surface area contributed by atoms with E-state index in [2.05, 4.69) is 12.2 Å². The van der Waals surface area contributed by atoms with E-state index in [4.69, 9.17) is 24.9 Å². The maximum Gasteiger partial charge on any atom is 0.257 e. The summed E-state index contributed by atoms with van der Waals surface area (Å²) in [7, 11) is 0. The highest BCUT2D eigenvalue weighted by Gasteiger charge is 2.25. The first-order valence-electron chi connectivity index (χ1n) is 11.3. The standard InChI is InChI=1S/C26H25N5O3/c1-2-3-13-33-18-9-6-8-17(15-18)31-24(27)22(26(32)28-16-19-10-7-14-34-19)23-25(31)30-21-12-5-4-11-20(21)29-23/h4-12,14-15H,2-3,13,16,27H2,1H3,(H,28,32). The average molecular weight is 456 g/mol. The number of rotatable bonds is 8. The first-order chi connectivity index (χ1) is 16.7. The molecule has 34 heavy (non-hydrogen) atoms. The number of nitrogens with zero attached hydrogens (tertiary/aromatic N) is 3. The molecule has 3 aromatic heterocycles. The smallest absolute Gasteiger partial charge is 0.257 e. The van der Waals surface area contributed by atoms with Gasteiger partial charge in [-0.2, -0.15) is 0 Å². The molecule has 5 aromatic rings. The second-order valence-corrected chi connectivity index (χ2v) is 7.94. The summed E-state index contributed by atoms with van der Waals surface area (Å²) in [6.07, 6.45) is 3.58. The van der Waals surface area contributed by atoms with Crippen molar-refractivity contribution in [3.8, 4) is 11.4 Å². The third kappa shape index (κ3) is 4.05. The number of aromatic nitrogens is 3. The van der Waals surface area contributed by atoms with Gasteiger partial charge < -0.3 is 20.2 Å². The van der Waals surface area contributed by atoms with E-state index < -0.39 is 0 Å². The van der Waals surface area contributed by atoms with E-state index in [-0.39, 0.29) is 23.8 Å². The van der Waals surface area contributed by atoms with Crippen LogP contribution in [-0.2, 0) is 6.54 Å². The monoisotopic (exact) mass is 455 g/mol. The molecular weight excluding hydrogens is 430 g/mol. The van der Waals surface area contributed by atoms with Crippen molar-refractivity contribution < 1.29 is 13.9 Å². The summed E-state index contributed by atoms with van der Waals surface area (Å²) in [5, 5.41) is 2.87. The molecular formula is C26H25N5O3. The number of amides is 1. The number of anilines is 1. The molecule has 2 aromatic carbocycles. The molecule has 0 spiro atoms. The number of unbranched alkanes of at least 4 members (excludes halogenated alkanes) is 1. The second kappa shape index (κ2) is 9.27. The van der Waals surface area contributed by atoms with Crippen LogP contribution < -0.4 is 15.8 Å². The number of para-hydroxylation sites is 2. The zero-order valence-electron chi connectivity index (χ0n) is 18.8. The van der Waals surface area contributed by atoms with Crippen LogP contribution in [0.2, 0.25) is 0 Å². The van der Waals surface area contributed by atoms with Crippen LogP contribution in [0.5, 0.6) is 5.75 Å². The molecule has 0 bridgehead atoms. The van der Waals surface area contributed by atoms with E-state index in [1.807, 2.05) is 48.5 Å². The fourth-order valence-electron chi connectivity index (χ4n) is 3.86. The van der Waals surface area contributed by atoms with Gasteiger partial charge in [0.2, 0.25) is 0 Å². The zero-order chi connectivity index (χ0) is 23.5. The van der Waals surface area contributed by atoms with E-state index in [0.717, 1.165) is 24.3 Å². The molecule has 0 aliphatic heterocycles. The molecule has 3 heterocycles. The van der Waals surface area contributed by atoms with Crippen LogP contribution in [0, 0.1) is 0 Å². The topological polar surface area (TPSA) is 108 Å². The largest absolute Gasteiger partial charge is 0.494 e. The minimum Gasteiger partial charge on any atom is -0.494 e. The van der Waals surface area contributed by atoms with E-state index in [1.165, 1.54) is 0 Å². The van der Waals surface area contributed by atoms with Crippen molar-refractivity contribution in [2.24, 2.45) is 0 Å². The van der Waals surface area contributed by atoms with Crippen molar-refractivity contribution in [3.63, 3.8) is 0 Å². The number of benzene rings is 2. The molecule has 0 aliphatic carbocycles. The lowest BCUT2D eigenvalue weighted by Crippen LogP contribution is -2.23. The number of hydrogen-bond donors (Lipinski definition) is 2. The predicted molar refractivity (Wildman–Crippen MR) is 131 cm³/mol. The van der Waals surface area contributed by atoms with Gasteiger partial charge in [-0.25, -0.2) is 9.97 Å². The van der Waals surface area contributed by atoms with Gasteiger partial charge in [-0.1, -0.05) is 31.5 Å². The Morgan fingerprint density at radius 3 is 2.68 bits per heavy atom. The Bertz CT molecular complexity index is 1460. The van der Waals surface area contributed by atoms with Crippen LogP contribution in [0.1, 0.15) is 35.9 Å². The molecule has 5 rings (SSSR count). The Balaban J connectivity index is 1.62. The summed E-state index contributed by atoms with van der Waals surface area (Å²) < 4.78 is 13.0. The lowest BCUT2D eigenvalue weighted by Gasteiger charge is -2.11. The van der Waals surface area contributed by atoms with Crippen molar-refractivity contribution >= 4 is 33.9 Å². The molecule has 3 N–H and O–H groups in total. The first-order valence-corrected chi connectivity index (χ1v) is 11.3. The number of fused-ring (bicyclic) bond motifs is 2. The maximum atomic E-state index is 13.3. The molecule has 0 saturated heterocycles. The number of nitrogens with two attached hydrogens (primary N) is 1. The summed E-state index contributed by atoms with van der Waals surface area (Å²) in [6, 6.07) is 18.7. The molecule has 8 heteroatoms. The first kappa shape index (κ1) is 21.5. The number of carbonyl (C=O) groups excluding carboxylic acids is 1. The van der Waals surface area contributed by atoms with Crippen molar-refractivity contribution in [1.29, 1.82) is 0 Å². The van der Waals surface area contributed by atoms with Crippen molar-refractivity contribution in [3.05, 3.63) is 78.3 Å². The highest BCUT2D eigenvalue weighted by atomic mass is 16.5. The molecule has 0 unspecified atom stereocenters. The van der Waals surface area contributed by atoms with Crippen molar-refractivity contribution in [2.45, 2.75) is 26.3 Å².